The summed E-state index contributed by atoms with van der Waals surface area (Å²) >= 11 is 9.34. The number of nitrogens with zero attached hydrogens (tertiary/aromatic N) is 1. The van der Waals surface area contributed by atoms with Crippen LogP contribution in [0.25, 0.3) is 0 Å². The fourth-order valence-electron chi connectivity index (χ4n) is 1.39. The van der Waals surface area contributed by atoms with Crippen LogP contribution in [0.2, 0.25) is 5.02 Å². The highest BCUT2D eigenvalue weighted by Crippen LogP contribution is 2.21. The van der Waals surface area contributed by atoms with E-state index in [-0.39, 0.29) is 6.54 Å². The molecule has 2 N–H and O–H groups in total. The Hall–Kier alpha value is -0.950. The van der Waals surface area contributed by atoms with Crippen LogP contribution in [0.5, 0.6) is 0 Å². The van der Waals surface area contributed by atoms with E-state index < -0.39 is 12.6 Å². The van der Waals surface area contributed by atoms with Gasteiger partial charge in [-0.1, -0.05) is 33.6 Å². The van der Waals surface area contributed by atoms with Crippen molar-refractivity contribution in [2.75, 3.05) is 13.6 Å². The highest BCUT2D eigenvalue weighted by Gasteiger charge is 2.26. The summed E-state index contributed by atoms with van der Waals surface area (Å²) in [5.41, 5.74) is 0.827. The molecular formula is C12H14BrClF3N3. The normalized spacial score (nSPS) is 12.4. The van der Waals surface area contributed by atoms with Gasteiger partial charge < -0.3 is 10.6 Å². The van der Waals surface area contributed by atoms with E-state index in [9.17, 15) is 13.2 Å². The second-order valence-electron chi connectivity index (χ2n) is 3.95. The molecule has 3 nitrogen and oxygen atoms in total. The molecule has 0 atom stereocenters. The summed E-state index contributed by atoms with van der Waals surface area (Å²) in [6, 6.07) is 5.41. The molecule has 0 bridgehead atoms. The maximum atomic E-state index is 12.0. The molecule has 0 aliphatic heterocycles. The van der Waals surface area contributed by atoms with Gasteiger partial charge in [0.2, 0.25) is 0 Å². The zero-order valence-electron chi connectivity index (χ0n) is 10.7. The summed E-state index contributed by atoms with van der Waals surface area (Å²) in [7, 11) is 1.49. The van der Waals surface area contributed by atoms with Crippen LogP contribution in [0.4, 0.5) is 13.2 Å². The maximum Gasteiger partial charge on any atom is 0.390 e. The van der Waals surface area contributed by atoms with Gasteiger partial charge >= 0.3 is 6.18 Å². The van der Waals surface area contributed by atoms with Crippen LogP contribution in [-0.4, -0.2) is 25.7 Å². The van der Waals surface area contributed by atoms with Crippen molar-refractivity contribution in [1.82, 2.24) is 10.6 Å². The third kappa shape index (κ3) is 6.47. The molecule has 0 amide bonds. The number of rotatable bonds is 4. The van der Waals surface area contributed by atoms with Crippen LogP contribution in [0.1, 0.15) is 12.0 Å². The highest BCUT2D eigenvalue weighted by atomic mass is 79.9. The quantitative estimate of drug-likeness (QED) is 0.624. The van der Waals surface area contributed by atoms with Crippen molar-refractivity contribution in [3.8, 4) is 0 Å². The van der Waals surface area contributed by atoms with Gasteiger partial charge in [-0.3, -0.25) is 4.99 Å². The Balaban J connectivity index is 2.46. The summed E-state index contributed by atoms with van der Waals surface area (Å²) in [6.07, 6.45) is -5.09. The Bertz CT molecular complexity index is 478. The Morgan fingerprint density at radius 3 is 2.60 bits per heavy atom. The van der Waals surface area contributed by atoms with Crippen molar-refractivity contribution < 1.29 is 13.2 Å². The predicted molar refractivity (Wildman–Crippen MR) is 78.0 cm³/mol. The lowest BCUT2D eigenvalue weighted by Crippen LogP contribution is -2.38. The smallest absolute Gasteiger partial charge is 0.356 e. The number of guanidine groups is 1. The van der Waals surface area contributed by atoms with Crippen molar-refractivity contribution in [1.29, 1.82) is 0 Å². The number of halogens is 5. The molecule has 0 aliphatic carbocycles. The highest BCUT2D eigenvalue weighted by molar-refractivity contribution is 9.10. The molecule has 0 radical (unpaired) electrons. The van der Waals surface area contributed by atoms with Gasteiger partial charge in [0.15, 0.2) is 5.96 Å². The van der Waals surface area contributed by atoms with Crippen molar-refractivity contribution >= 4 is 33.5 Å². The van der Waals surface area contributed by atoms with Crippen LogP contribution in [0.3, 0.4) is 0 Å². The van der Waals surface area contributed by atoms with E-state index >= 15 is 0 Å². The lowest BCUT2D eigenvalue weighted by Gasteiger charge is -2.13. The van der Waals surface area contributed by atoms with Crippen LogP contribution in [-0.2, 0) is 6.54 Å². The van der Waals surface area contributed by atoms with E-state index in [0.717, 1.165) is 10.0 Å². The average molecular weight is 373 g/mol. The number of aliphatic imine (C=N–C) groups is 1. The lowest BCUT2D eigenvalue weighted by molar-refractivity contribution is -0.132. The molecule has 0 saturated heterocycles. The molecule has 0 fully saturated rings. The number of hydrogen-bond donors (Lipinski definition) is 2. The van der Waals surface area contributed by atoms with Gasteiger partial charge in [0, 0.05) is 29.6 Å². The number of alkyl halides is 3. The first-order chi connectivity index (χ1) is 9.31. The van der Waals surface area contributed by atoms with Crippen LogP contribution < -0.4 is 10.6 Å². The third-order valence-electron chi connectivity index (χ3n) is 2.39. The van der Waals surface area contributed by atoms with E-state index in [1.165, 1.54) is 7.05 Å². The fourth-order valence-corrected chi connectivity index (χ4v) is 2.13. The van der Waals surface area contributed by atoms with Gasteiger partial charge in [-0.15, -0.1) is 0 Å². The summed E-state index contributed by atoms with van der Waals surface area (Å²) in [6.45, 7) is 0.148. The molecule has 1 aromatic carbocycles. The van der Waals surface area contributed by atoms with Gasteiger partial charge in [-0.05, 0) is 17.7 Å². The van der Waals surface area contributed by atoms with Crippen molar-refractivity contribution in [3.05, 3.63) is 33.3 Å². The predicted octanol–water partition coefficient (Wildman–Crippen LogP) is 3.72. The largest absolute Gasteiger partial charge is 0.390 e. The van der Waals surface area contributed by atoms with Crippen molar-refractivity contribution in [2.45, 2.75) is 19.1 Å². The Morgan fingerprint density at radius 2 is 2.05 bits per heavy atom. The standard InChI is InChI=1S/C12H14BrClF3N3/c1-18-11(19-5-4-12(15,16)17)20-7-8-2-3-9(13)6-10(8)14/h2-3,6H,4-5,7H2,1H3,(H2,18,19,20). The first-order valence-corrected chi connectivity index (χ1v) is 6.94. The van der Waals surface area contributed by atoms with Gasteiger partial charge in [-0.25, -0.2) is 0 Å². The van der Waals surface area contributed by atoms with Gasteiger partial charge in [0.1, 0.15) is 0 Å². The lowest BCUT2D eigenvalue weighted by atomic mass is 10.2. The van der Waals surface area contributed by atoms with Gasteiger partial charge in [-0.2, -0.15) is 13.2 Å². The van der Waals surface area contributed by atoms with Gasteiger partial charge in [0.05, 0.1) is 6.42 Å². The summed E-state index contributed by atoms with van der Waals surface area (Å²) in [4.78, 5) is 3.84. The fraction of sp³-hybridized carbons (Fsp3) is 0.417. The van der Waals surface area contributed by atoms with E-state index in [2.05, 4.69) is 31.6 Å². The Kier molecular flexibility index (Phi) is 6.61. The molecule has 0 saturated carbocycles. The first-order valence-electron chi connectivity index (χ1n) is 5.77. The number of nitrogens with one attached hydrogen (secondary N) is 2. The number of benzene rings is 1. The average Bonchev–Trinajstić information content (AvgIpc) is 2.34. The van der Waals surface area contributed by atoms with Crippen LogP contribution in [0, 0.1) is 0 Å². The Labute approximate surface area is 128 Å². The monoisotopic (exact) mass is 371 g/mol. The van der Waals surface area contributed by atoms with Gasteiger partial charge in [0.25, 0.3) is 0 Å². The molecule has 20 heavy (non-hydrogen) atoms. The molecule has 0 aliphatic rings. The third-order valence-corrected chi connectivity index (χ3v) is 3.23. The zero-order valence-corrected chi connectivity index (χ0v) is 13.0. The SMILES string of the molecule is CN=C(NCCC(F)(F)F)NCc1ccc(Br)cc1Cl. The topological polar surface area (TPSA) is 36.4 Å². The van der Waals surface area contributed by atoms with Crippen LogP contribution in [0.15, 0.2) is 27.7 Å². The molecule has 8 heteroatoms. The molecule has 1 rings (SSSR count). The number of hydrogen-bond acceptors (Lipinski definition) is 1. The van der Waals surface area contributed by atoms with E-state index in [4.69, 9.17) is 11.6 Å². The van der Waals surface area contributed by atoms with Crippen molar-refractivity contribution in [3.63, 3.8) is 0 Å². The molecular weight excluding hydrogens is 359 g/mol. The molecule has 0 spiro atoms. The second kappa shape index (κ2) is 7.73. The van der Waals surface area contributed by atoms with E-state index in [0.29, 0.717) is 17.5 Å². The first kappa shape index (κ1) is 17.1. The molecule has 1 aromatic rings. The minimum absolute atomic E-state index is 0.225. The summed E-state index contributed by atoms with van der Waals surface area (Å²) < 4.78 is 36.9. The van der Waals surface area contributed by atoms with Crippen LogP contribution >= 0.6 is 27.5 Å². The molecule has 112 valence electrons. The summed E-state index contributed by atoms with van der Waals surface area (Å²) in [5, 5.41) is 6.06. The maximum absolute atomic E-state index is 12.0. The van der Waals surface area contributed by atoms with E-state index in [1.54, 1.807) is 6.07 Å². The van der Waals surface area contributed by atoms with Crippen molar-refractivity contribution in [2.24, 2.45) is 4.99 Å². The second-order valence-corrected chi connectivity index (χ2v) is 5.28. The molecule has 0 aromatic heterocycles. The molecule has 0 unspecified atom stereocenters. The minimum Gasteiger partial charge on any atom is -0.356 e. The minimum atomic E-state index is -4.18. The summed E-state index contributed by atoms with van der Waals surface area (Å²) in [5.74, 6) is 0.299. The molecule has 0 heterocycles. The Morgan fingerprint density at radius 1 is 1.35 bits per heavy atom. The van der Waals surface area contributed by atoms with E-state index in [1.807, 2.05) is 12.1 Å². The zero-order chi connectivity index (χ0) is 15.2.